The van der Waals surface area contributed by atoms with Crippen LogP contribution in [0.1, 0.15) is 24.8 Å². The third-order valence-electron chi connectivity index (χ3n) is 4.77. The van der Waals surface area contributed by atoms with Crippen LogP contribution in [0.15, 0.2) is 41.8 Å². The molecule has 8 heteroatoms. The topological polar surface area (TPSA) is 85.3 Å². The second-order valence-electron chi connectivity index (χ2n) is 6.60. The summed E-state index contributed by atoms with van der Waals surface area (Å²) >= 11 is 0. The minimum atomic E-state index is -0.324. The van der Waals surface area contributed by atoms with Gasteiger partial charge < -0.3 is 19.5 Å². The number of methoxy groups -OCH3 is 3. The monoisotopic (exact) mass is 398 g/mol. The summed E-state index contributed by atoms with van der Waals surface area (Å²) in [6, 6.07) is 6.85. The second-order valence-corrected chi connectivity index (χ2v) is 6.60. The molecule has 0 bridgehead atoms. The Labute approximate surface area is 170 Å². The van der Waals surface area contributed by atoms with Gasteiger partial charge in [0.15, 0.2) is 11.5 Å². The van der Waals surface area contributed by atoms with Crippen molar-refractivity contribution >= 4 is 17.8 Å². The van der Waals surface area contributed by atoms with E-state index in [1.807, 2.05) is 17.1 Å². The summed E-state index contributed by atoms with van der Waals surface area (Å²) in [6.07, 6.45) is 7.75. The molecule has 1 unspecified atom stereocenters. The Morgan fingerprint density at radius 1 is 1.14 bits per heavy atom. The number of hydrogen-bond donors (Lipinski definition) is 1. The Kier molecular flexibility index (Phi) is 6.89. The van der Waals surface area contributed by atoms with Crippen molar-refractivity contribution in [1.82, 2.24) is 9.99 Å². The largest absolute Gasteiger partial charge is 0.493 e. The number of carbonyl (C=O) groups is 1. The van der Waals surface area contributed by atoms with E-state index in [1.54, 1.807) is 52.1 Å². The molecule has 1 aliphatic heterocycles. The van der Waals surface area contributed by atoms with Gasteiger partial charge in [0.1, 0.15) is 6.04 Å². The van der Waals surface area contributed by atoms with Crippen LogP contribution in [-0.4, -0.2) is 56.0 Å². The molecule has 1 aliphatic rings. The van der Waals surface area contributed by atoms with E-state index in [9.17, 15) is 4.79 Å². The number of piperidine rings is 1. The third-order valence-corrected chi connectivity index (χ3v) is 4.77. The lowest BCUT2D eigenvalue weighted by Crippen LogP contribution is -2.44. The predicted octanol–water partition coefficient (Wildman–Crippen LogP) is 2.93. The van der Waals surface area contributed by atoms with Crippen molar-refractivity contribution in [3.63, 3.8) is 0 Å². The second kappa shape index (κ2) is 9.77. The van der Waals surface area contributed by atoms with Crippen molar-refractivity contribution in [3.05, 3.63) is 42.2 Å². The standard InChI is InChI=1S/C21H26N4O4/c1-27-18-12-15(13-19(28-2)20(18)29-3)14-23-25-11-5-4-6-17(25)21(26)24-16-7-9-22-10-8-16/h7-10,12-14,17H,4-6,11H2,1-3H3,(H,22,24,26)/b23-14+. The van der Waals surface area contributed by atoms with Crippen LogP contribution < -0.4 is 19.5 Å². The smallest absolute Gasteiger partial charge is 0.248 e. The Morgan fingerprint density at radius 3 is 2.45 bits per heavy atom. The minimum absolute atomic E-state index is 0.0713. The highest BCUT2D eigenvalue weighted by Gasteiger charge is 2.28. The molecule has 1 atom stereocenters. The minimum Gasteiger partial charge on any atom is -0.493 e. The molecule has 29 heavy (non-hydrogen) atoms. The van der Waals surface area contributed by atoms with E-state index >= 15 is 0 Å². The van der Waals surface area contributed by atoms with Crippen molar-refractivity contribution in [2.75, 3.05) is 33.2 Å². The molecule has 8 nitrogen and oxygen atoms in total. The first-order valence-corrected chi connectivity index (χ1v) is 9.47. The number of nitrogens with one attached hydrogen (secondary N) is 1. The molecular formula is C21H26N4O4. The molecule has 3 rings (SSSR count). The Hall–Kier alpha value is -3.29. The molecule has 0 saturated carbocycles. The van der Waals surface area contributed by atoms with Crippen molar-refractivity contribution in [2.24, 2.45) is 5.10 Å². The van der Waals surface area contributed by atoms with Gasteiger partial charge in [0.2, 0.25) is 11.7 Å². The van der Waals surface area contributed by atoms with Crippen LogP contribution in [0.25, 0.3) is 0 Å². The fourth-order valence-electron chi connectivity index (χ4n) is 3.30. The van der Waals surface area contributed by atoms with E-state index < -0.39 is 0 Å². The number of nitrogens with zero attached hydrogens (tertiary/aromatic N) is 3. The number of anilines is 1. The molecule has 2 aromatic rings. The van der Waals surface area contributed by atoms with Crippen molar-refractivity contribution < 1.29 is 19.0 Å². The van der Waals surface area contributed by atoms with Crippen molar-refractivity contribution in [3.8, 4) is 17.2 Å². The highest BCUT2D eigenvalue weighted by molar-refractivity contribution is 5.95. The lowest BCUT2D eigenvalue weighted by molar-refractivity contribution is -0.122. The summed E-state index contributed by atoms with van der Waals surface area (Å²) < 4.78 is 16.1. The maximum absolute atomic E-state index is 12.8. The normalized spacial score (nSPS) is 16.5. The number of carbonyl (C=O) groups excluding carboxylic acids is 1. The SMILES string of the molecule is COc1cc(/C=N/N2CCCCC2C(=O)Nc2ccncc2)cc(OC)c1OC. The van der Waals surface area contributed by atoms with Gasteiger partial charge in [-0.25, -0.2) is 0 Å². The summed E-state index contributed by atoms with van der Waals surface area (Å²) in [4.78, 5) is 16.7. The van der Waals surface area contributed by atoms with Crippen LogP contribution in [-0.2, 0) is 4.79 Å². The quantitative estimate of drug-likeness (QED) is 0.722. The van der Waals surface area contributed by atoms with Crippen LogP contribution >= 0.6 is 0 Å². The molecular weight excluding hydrogens is 372 g/mol. The van der Waals surface area contributed by atoms with Gasteiger partial charge in [-0.1, -0.05) is 0 Å². The molecule has 1 saturated heterocycles. The summed E-state index contributed by atoms with van der Waals surface area (Å²) in [5, 5.41) is 9.36. The Balaban J connectivity index is 1.78. The number of amides is 1. The summed E-state index contributed by atoms with van der Waals surface area (Å²) in [5.41, 5.74) is 1.52. The first-order valence-electron chi connectivity index (χ1n) is 9.47. The Morgan fingerprint density at radius 2 is 1.83 bits per heavy atom. The molecule has 0 spiro atoms. The maximum Gasteiger partial charge on any atom is 0.248 e. The zero-order valence-electron chi connectivity index (χ0n) is 16.9. The molecule has 0 radical (unpaired) electrons. The van der Waals surface area contributed by atoms with Crippen LogP contribution in [0.3, 0.4) is 0 Å². The summed E-state index contributed by atoms with van der Waals surface area (Å²) in [6.45, 7) is 0.718. The van der Waals surface area contributed by atoms with E-state index in [-0.39, 0.29) is 11.9 Å². The first kappa shape index (κ1) is 20.4. The molecule has 0 aliphatic carbocycles. The average molecular weight is 398 g/mol. The summed E-state index contributed by atoms with van der Waals surface area (Å²) in [7, 11) is 4.71. The van der Waals surface area contributed by atoms with Crippen LogP contribution in [0.5, 0.6) is 17.2 Å². The molecule has 2 heterocycles. The fraction of sp³-hybridized carbons (Fsp3) is 0.381. The number of ether oxygens (including phenoxy) is 3. The number of rotatable bonds is 7. The first-order chi connectivity index (χ1) is 14.2. The summed E-state index contributed by atoms with van der Waals surface area (Å²) in [5.74, 6) is 1.57. The van der Waals surface area contributed by atoms with E-state index in [4.69, 9.17) is 14.2 Å². The van der Waals surface area contributed by atoms with E-state index in [0.717, 1.165) is 37.1 Å². The zero-order valence-corrected chi connectivity index (χ0v) is 16.9. The van der Waals surface area contributed by atoms with Gasteiger partial charge in [0.25, 0.3) is 0 Å². The highest BCUT2D eigenvalue weighted by atomic mass is 16.5. The average Bonchev–Trinajstić information content (AvgIpc) is 2.77. The molecule has 154 valence electrons. The molecule has 1 amide bonds. The van der Waals surface area contributed by atoms with Crippen molar-refractivity contribution in [1.29, 1.82) is 0 Å². The third kappa shape index (κ3) is 4.96. The van der Waals surface area contributed by atoms with Gasteiger partial charge in [-0.3, -0.25) is 14.8 Å². The number of pyridine rings is 1. The number of benzene rings is 1. The van der Waals surface area contributed by atoms with Gasteiger partial charge in [0.05, 0.1) is 27.5 Å². The fourth-order valence-corrected chi connectivity index (χ4v) is 3.30. The number of hydrazone groups is 1. The Bertz CT molecular complexity index is 832. The van der Waals surface area contributed by atoms with Crippen LogP contribution in [0, 0.1) is 0 Å². The molecule has 1 N–H and O–H groups in total. The van der Waals surface area contributed by atoms with Gasteiger partial charge in [-0.2, -0.15) is 5.10 Å². The molecule has 1 fully saturated rings. The lowest BCUT2D eigenvalue weighted by Gasteiger charge is -2.32. The van der Waals surface area contributed by atoms with Gasteiger partial charge >= 0.3 is 0 Å². The highest BCUT2D eigenvalue weighted by Crippen LogP contribution is 2.37. The van der Waals surface area contributed by atoms with Gasteiger partial charge in [-0.05, 0) is 43.5 Å². The number of hydrogen-bond acceptors (Lipinski definition) is 7. The molecule has 1 aromatic carbocycles. The zero-order chi connectivity index (χ0) is 20.6. The van der Waals surface area contributed by atoms with E-state index in [2.05, 4.69) is 15.4 Å². The lowest BCUT2D eigenvalue weighted by atomic mass is 10.0. The number of aromatic nitrogens is 1. The van der Waals surface area contributed by atoms with Crippen LogP contribution in [0.4, 0.5) is 5.69 Å². The maximum atomic E-state index is 12.8. The van der Waals surface area contributed by atoms with Crippen LogP contribution in [0.2, 0.25) is 0 Å². The van der Waals surface area contributed by atoms with E-state index in [0.29, 0.717) is 17.2 Å². The van der Waals surface area contributed by atoms with E-state index in [1.165, 1.54) is 0 Å². The van der Waals surface area contributed by atoms with Crippen molar-refractivity contribution in [2.45, 2.75) is 25.3 Å². The van der Waals surface area contributed by atoms with Gasteiger partial charge in [0, 0.05) is 30.2 Å². The molecule has 1 aromatic heterocycles. The predicted molar refractivity (Wildman–Crippen MR) is 111 cm³/mol. The van der Waals surface area contributed by atoms with Gasteiger partial charge in [-0.15, -0.1) is 0 Å².